The van der Waals surface area contributed by atoms with Crippen LogP contribution in [0.3, 0.4) is 0 Å². The van der Waals surface area contributed by atoms with Crippen molar-refractivity contribution in [3.8, 4) is 0 Å². The van der Waals surface area contributed by atoms with Crippen molar-refractivity contribution in [3.63, 3.8) is 0 Å². The van der Waals surface area contributed by atoms with Crippen LogP contribution in [0.25, 0.3) is 0 Å². The molecule has 0 bridgehead atoms. The van der Waals surface area contributed by atoms with Crippen LogP contribution in [0.5, 0.6) is 0 Å². The fourth-order valence-corrected chi connectivity index (χ4v) is 3.19. The SMILES string of the molecule is O=C1C(Cl)=C(NCC2CCOCC2)C(=O)c2c1cccc2[N+](=O)[O-]. The Morgan fingerprint density at radius 1 is 1.25 bits per heavy atom. The van der Waals surface area contributed by atoms with Gasteiger partial charge in [0.25, 0.3) is 5.69 Å². The van der Waals surface area contributed by atoms with Gasteiger partial charge >= 0.3 is 0 Å². The molecule has 0 radical (unpaired) electrons. The summed E-state index contributed by atoms with van der Waals surface area (Å²) in [5.74, 6) is -0.899. The van der Waals surface area contributed by atoms with E-state index in [-0.39, 0.29) is 27.5 Å². The van der Waals surface area contributed by atoms with Crippen molar-refractivity contribution in [2.75, 3.05) is 19.8 Å². The van der Waals surface area contributed by atoms with Gasteiger partial charge in [0.15, 0.2) is 0 Å². The van der Waals surface area contributed by atoms with E-state index in [0.29, 0.717) is 25.7 Å². The highest BCUT2D eigenvalue weighted by Gasteiger charge is 2.37. The van der Waals surface area contributed by atoms with E-state index in [9.17, 15) is 19.7 Å². The first-order chi connectivity index (χ1) is 11.5. The molecule has 126 valence electrons. The average Bonchev–Trinajstić information content (AvgIpc) is 2.60. The number of allylic oxidation sites excluding steroid dienone is 2. The number of nitrogens with one attached hydrogen (secondary N) is 1. The summed E-state index contributed by atoms with van der Waals surface area (Å²) in [5, 5.41) is 13.9. The Bertz CT molecular complexity index is 753. The van der Waals surface area contributed by atoms with E-state index in [0.717, 1.165) is 12.8 Å². The lowest BCUT2D eigenvalue weighted by atomic mass is 9.90. The standard InChI is InChI=1S/C16H15ClN2O5/c17-13-14(18-8-9-4-6-24-7-5-9)16(21)12-10(15(13)20)2-1-3-11(12)19(22)23/h1-3,9,18H,4-8H2. The second-order valence-corrected chi connectivity index (χ2v) is 6.12. The number of halogens is 1. The lowest BCUT2D eigenvalue weighted by molar-refractivity contribution is -0.385. The third kappa shape index (κ3) is 2.92. The fourth-order valence-electron chi connectivity index (χ4n) is 2.93. The van der Waals surface area contributed by atoms with Crippen LogP contribution in [-0.2, 0) is 4.74 Å². The van der Waals surface area contributed by atoms with Crippen molar-refractivity contribution >= 4 is 28.9 Å². The highest BCUT2D eigenvalue weighted by atomic mass is 35.5. The number of ketones is 2. The van der Waals surface area contributed by atoms with Crippen LogP contribution in [0.2, 0.25) is 0 Å². The minimum atomic E-state index is -0.667. The average molecular weight is 351 g/mol. The van der Waals surface area contributed by atoms with Crippen molar-refractivity contribution in [3.05, 3.63) is 50.2 Å². The lowest BCUT2D eigenvalue weighted by Gasteiger charge is -2.24. The van der Waals surface area contributed by atoms with Crippen LogP contribution >= 0.6 is 11.6 Å². The quantitative estimate of drug-likeness (QED) is 0.661. The van der Waals surface area contributed by atoms with Gasteiger partial charge in [-0.2, -0.15) is 0 Å². The maximum absolute atomic E-state index is 12.7. The van der Waals surface area contributed by atoms with Gasteiger partial charge in [-0.3, -0.25) is 19.7 Å². The largest absolute Gasteiger partial charge is 0.381 e. The third-order valence-corrected chi connectivity index (χ3v) is 4.63. The van der Waals surface area contributed by atoms with Crippen molar-refractivity contribution < 1.29 is 19.2 Å². The molecule has 1 aromatic rings. The van der Waals surface area contributed by atoms with E-state index < -0.39 is 16.5 Å². The molecule has 1 aliphatic heterocycles. The van der Waals surface area contributed by atoms with Gasteiger partial charge in [-0.15, -0.1) is 0 Å². The van der Waals surface area contributed by atoms with E-state index in [4.69, 9.17) is 16.3 Å². The normalized spacial score (nSPS) is 18.5. The molecule has 0 amide bonds. The number of benzene rings is 1. The zero-order valence-corrected chi connectivity index (χ0v) is 13.5. The maximum atomic E-state index is 12.7. The summed E-state index contributed by atoms with van der Waals surface area (Å²) in [7, 11) is 0. The first-order valence-electron chi connectivity index (χ1n) is 7.59. The molecular formula is C16H15ClN2O5. The van der Waals surface area contributed by atoms with E-state index >= 15 is 0 Å². The number of hydrogen-bond donors (Lipinski definition) is 1. The molecule has 1 N–H and O–H groups in total. The second-order valence-electron chi connectivity index (χ2n) is 5.74. The molecule has 0 aromatic heterocycles. The molecule has 1 aliphatic carbocycles. The molecule has 8 heteroatoms. The predicted molar refractivity (Wildman–Crippen MR) is 86.2 cm³/mol. The molecule has 1 saturated heterocycles. The van der Waals surface area contributed by atoms with Crippen LogP contribution in [-0.4, -0.2) is 36.2 Å². The topological polar surface area (TPSA) is 98.5 Å². The number of rotatable bonds is 4. The van der Waals surface area contributed by atoms with E-state index in [2.05, 4.69) is 5.32 Å². The Labute approximate surface area is 142 Å². The van der Waals surface area contributed by atoms with E-state index in [1.807, 2.05) is 0 Å². The van der Waals surface area contributed by atoms with Gasteiger partial charge in [0.2, 0.25) is 11.6 Å². The van der Waals surface area contributed by atoms with Crippen LogP contribution < -0.4 is 5.32 Å². The summed E-state index contributed by atoms with van der Waals surface area (Å²) in [6.07, 6.45) is 1.69. The molecule has 7 nitrogen and oxygen atoms in total. The number of nitro benzene ring substituents is 1. The zero-order valence-electron chi connectivity index (χ0n) is 12.7. The number of Topliss-reactive ketones (excluding diaryl/α,β-unsaturated/α-hetero) is 2. The summed E-state index contributed by atoms with van der Waals surface area (Å²) >= 11 is 6.06. The van der Waals surface area contributed by atoms with Gasteiger partial charge < -0.3 is 10.1 Å². The smallest absolute Gasteiger partial charge is 0.281 e. The first kappa shape index (κ1) is 16.6. The van der Waals surface area contributed by atoms with E-state index in [1.54, 1.807) is 0 Å². The van der Waals surface area contributed by atoms with Gasteiger partial charge in [0, 0.05) is 31.4 Å². The molecule has 0 atom stereocenters. The second kappa shape index (κ2) is 6.70. The van der Waals surface area contributed by atoms with E-state index in [1.165, 1.54) is 18.2 Å². The van der Waals surface area contributed by atoms with Crippen LogP contribution in [0.4, 0.5) is 5.69 Å². The Hall–Kier alpha value is -2.25. The van der Waals surface area contributed by atoms with Gasteiger partial charge in [0.05, 0.1) is 4.92 Å². The van der Waals surface area contributed by atoms with Crippen LogP contribution in [0.1, 0.15) is 33.6 Å². The van der Waals surface area contributed by atoms with Crippen molar-refractivity contribution in [1.29, 1.82) is 0 Å². The molecule has 1 heterocycles. The van der Waals surface area contributed by atoms with Gasteiger partial charge in [-0.25, -0.2) is 0 Å². The van der Waals surface area contributed by atoms with Crippen molar-refractivity contribution in [1.82, 2.24) is 5.32 Å². The molecule has 0 saturated carbocycles. The minimum Gasteiger partial charge on any atom is -0.381 e. The summed E-state index contributed by atoms with van der Waals surface area (Å²) < 4.78 is 5.28. The first-order valence-corrected chi connectivity index (χ1v) is 7.96. The minimum absolute atomic E-state index is 0.0317. The molecular weight excluding hydrogens is 336 g/mol. The molecule has 0 unspecified atom stereocenters. The zero-order chi connectivity index (χ0) is 17.3. The van der Waals surface area contributed by atoms with Crippen molar-refractivity contribution in [2.24, 2.45) is 5.92 Å². The summed E-state index contributed by atoms with van der Waals surface area (Å²) in [4.78, 5) is 35.6. The molecule has 1 fully saturated rings. The van der Waals surface area contributed by atoms with Gasteiger partial charge in [-0.05, 0) is 24.8 Å². The molecule has 0 spiro atoms. The number of nitrogens with zero attached hydrogens (tertiary/aromatic N) is 1. The Balaban J connectivity index is 1.91. The third-order valence-electron chi connectivity index (χ3n) is 4.27. The number of nitro groups is 1. The molecule has 2 aliphatic rings. The highest BCUT2D eigenvalue weighted by molar-refractivity contribution is 6.50. The van der Waals surface area contributed by atoms with Crippen molar-refractivity contribution in [2.45, 2.75) is 12.8 Å². The molecule has 24 heavy (non-hydrogen) atoms. The predicted octanol–water partition coefficient (Wildman–Crippen LogP) is 2.44. The number of carbonyl (C=O) groups is 2. The van der Waals surface area contributed by atoms with Gasteiger partial charge in [-0.1, -0.05) is 17.7 Å². The Morgan fingerprint density at radius 3 is 2.62 bits per heavy atom. The maximum Gasteiger partial charge on any atom is 0.281 e. The van der Waals surface area contributed by atoms with Gasteiger partial charge in [0.1, 0.15) is 16.3 Å². The number of carbonyl (C=O) groups excluding carboxylic acids is 2. The van der Waals surface area contributed by atoms with Crippen LogP contribution in [0.15, 0.2) is 28.9 Å². The summed E-state index contributed by atoms with van der Waals surface area (Å²) in [5.41, 5.74) is -0.683. The number of fused-ring (bicyclic) bond motifs is 1. The fraction of sp³-hybridized carbons (Fsp3) is 0.375. The van der Waals surface area contributed by atoms with Crippen LogP contribution in [0, 0.1) is 16.0 Å². The highest BCUT2D eigenvalue weighted by Crippen LogP contribution is 2.33. The number of ether oxygens (including phenoxy) is 1. The summed E-state index contributed by atoms with van der Waals surface area (Å²) in [6, 6.07) is 3.95. The Morgan fingerprint density at radius 2 is 1.96 bits per heavy atom. The Kier molecular flexibility index (Phi) is 4.64. The number of hydrogen-bond acceptors (Lipinski definition) is 6. The monoisotopic (exact) mass is 350 g/mol. The molecule has 3 rings (SSSR count). The summed E-state index contributed by atoms with van der Waals surface area (Å²) in [6.45, 7) is 1.77. The lowest BCUT2D eigenvalue weighted by Crippen LogP contribution is -2.34. The molecule has 1 aromatic carbocycles.